The van der Waals surface area contributed by atoms with Gasteiger partial charge < -0.3 is 25.5 Å². The molecule has 27 heavy (non-hydrogen) atoms. The second kappa shape index (κ2) is 7.33. The maximum absolute atomic E-state index is 12.3. The van der Waals surface area contributed by atoms with Gasteiger partial charge >= 0.3 is 5.97 Å². The first-order valence-corrected chi connectivity index (χ1v) is 8.95. The summed E-state index contributed by atoms with van der Waals surface area (Å²) in [5.41, 5.74) is 1.02. The van der Waals surface area contributed by atoms with Crippen LogP contribution in [0.15, 0.2) is 23.1 Å². The molecular formula is C17H18N4O5S. The van der Waals surface area contributed by atoms with Crippen LogP contribution < -0.4 is 10.9 Å². The minimum atomic E-state index is -1.36. The summed E-state index contributed by atoms with van der Waals surface area (Å²) in [7, 11) is 0. The predicted octanol–water partition coefficient (Wildman–Crippen LogP) is 0.948. The number of aliphatic hydroxyl groups is 1. The van der Waals surface area contributed by atoms with Gasteiger partial charge in [-0.1, -0.05) is 6.92 Å². The van der Waals surface area contributed by atoms with Gasteiger partial charge in [-0.25, -0.2) is 9.78 Å². The number of hydrogen-bond donors (Lipinski definition) is 5. The molecule has 3 heterocycles. The van der Waals surface area contributed by atoms with Crippen LogP contribution >= 0.6 is 11.3 Å². The molecule has 0 bridgehead atoms. The third kappa shape index (κ3) is 3.62. The van der Waals surface area contributed by atoms with Crippen LogP contribution in [0.4, 0.5) is 0 Å². The number of carbonyl (C=O) groups excluding carboxylic acids is 1. The standard InChI is InChI=1S/C17H18N4O5S/c1-7(9-5-18-14-13(9)16(24)20-8(2)19-14)11-3-4-12(27-11)15(23)21-10(6-22)17(25)26/h3-5,7,10,22H,6H2,1-2H3,(H,21,23)(H,25,26)(H2,18,19,20,24)/t7?,10-/m0/s1. The number of aliphatic carboxylic acids is 1. The molecule has 0 radical (unpaired) electrons. The van der Waals surface area contributed by atoms with Crippen molar-refractivity contribution in [2.24, 2.45) is 0 Å². The number of aromatic amines is 2. The van der Waals surface area contributed by atoms with Crippen LogP contribution in [0.5, 0.6) is 0 Å². The Kier molecular flexibility index (Phi) is 5.10. The molecule has 0 saturated heterocycles. The Hall–Kier alpha value is -2.98. The molecule has 3 aromatic rings. The van der Waals surface area contributed by atoms with E-state index in [9.17, 15) is 14.4 Å². The van der Waals surface area contributed by atoms with E-state index in [2.05, 4.69) is 20.3 Å². The summed E-state index contributed by atoms with van der Waals surface area (Å²) >= 11 is 1.20. The average Bonchev–Trinajstić information content (AvgIpc) is 3.25. The lowest BCUT2D eigenvalue weighted by Crippen LogP contribution is -2.43. The maximum Gasteiger partial charge on any atom is 0.328 e. The van der Waals surface area contributed by atoms with E-state index in [0.717, 1.165) is 10.4 Å². The van der Waals surface area contributed by atoms with Crippen molar-refractivity contribution in [3.8, 4) is 0 Å². The third-order valence-corrected chi connectivity index (χ3v) is 5.49. The lowest BCUT2D eigenvalue weighted by Gasteiger charge is -2.10. The molecule has 9 nitrogen and oxygen atoms in total. The highest BCUT2D eigenvalue weighted by Crippen LogP contribution is 2.32. The normalized spacial score (nSPS) is 13.4. The van der Waals surface area contributed by atoms with Crippen LogP contribution in [0.3, 0.4) is 0 Å². The van der Waals surface area contributed by atoms with Gasteiger partial charge in [0.2, 0.25) is 0 Å². The number of aromatic nitrogens is 3. The fourth-order valence-corrected chi connectivity index (χ4v) is 3.78. The topological polar surface area (TPSA) is 148 Å². The van der Waals surface area contributed by atoms with E-state index >= 15 is 0 Å². The summed E-state index contributed by atoms with van der Waals surface area (Å²) in [6.07, 6.45) is 1.72. The van der Waals surface area contributed by atoms with Crippen molar-refractivity contribution in [1.82, 2.24) is 20.3 Å². The van der Waals surface area contributed by atoms with Crippen LogP contribution in [0.25, 0.3) is 11.0 Å². The van der Waals surface area contributed by atoms with Gasteiger partial charge in [0.15, 0.2) is 6.04 Å². The van der Waals surface area contributed by atoms with E-state index in [4.69, 9.17) is 10.2 Å². The number of thiophene rings is 1. The summed E-state index contributed by atoms with van der Waals surface area (Å²) in [5.74, 6) is -1.55. The minimum Gasteiger partial charge on any atom is -0.480 e. The Bertz CT molecular complexity index is 1070. The molecule has 0 fully saturated rings. The van der Waals surface area contributed by atoms with Gasteiger partial charge in [-0.15, -0.1) is 11.3 Å². The molecule has 0 aliphatic carbocycles. The maximum atomic E-state index is 12.3. The number of aliphatic hydroxyl groups excluding tert-OH is 1. The van der Waals surface area contributed by atoms with Gasteiger partial charge in [0.25, 0.3) is 11.5 Å². The zero-order chi connectivity index (χ0) is 19.7. The molecule has 142 valence electrons. The van der Waals surface area contributed by atoms with E-state index in [-0.39, 0.29) is 11.5 Å². The molecular weight excluding hydrogens is 372 g/mol. The van der Waals surface area contributed by atoms with Crippen LogP contribution in [-0.2, 0) is 4.79 Å². The van der Waals surface area contributed by atoms with Gasteiger partial charge in [0.1, 0.15) is 11.5 Å². The van der Waals surface area contributed by atoms with E-state index in [1.165, 1.54) is 11.3 Å². The highest BCUT2D eigenvalue weighted by molar-refractivity contribution is 7.14. The van der Waals surface area contributed by atoms with Gasteiger partial charge in [0, 0.05) is 17.0 Å². The lowest BCUT2D eigenvalue weighted by molar-refractivity contribution is -0.140. The molecule has 10 heteroatoms. The number of nitrogens with one attached hydrogen (secondary N) is 3. The molecule has 3 rings (SSSR count). The van der Waals surface area contributed by atoms with Crippen LogP contribution in [0.2, 0.25) is 0 Å². The third-order valence-electron chi connectivity index (χ3n) is 4.22. The molecule has 0 spiro atoms. The fraction of sp³-hybridized carbons (Fsp3) is 0.294. The molecule has 3 aromatic heterocycles. The Morgan fingerprint density at radius 1 is 1.37 bits per heavy atom. The second-order valence-corrected chi connectivity index (χ2v) is 7.20. The van der Waals surface area contributed by atoms with E-state index < -0.39 is 24.5 Å². The Morgan fingerprint density at radius 2 is 2.11 bits per heavy atom. The SMILES string of the molecule is Cc1nc2[nH]cc(C(C)c3ccc(C(=O)N[C@@H](CO)C(=O)O)s3)c2c(=O)[nH]1. The number of rotatable bonds is 6. The van der Waals surface area contributed by atoms with Gasteiger partial charge in [0.05, 0.1) is 16.9 Å². The molecule has 5 N–H and O–H groups in total. The number of fused-ring (bicyclic) bond motifs is 1. The fourth-order valence-electron chi connectivity index (χ4n) is 2.79. The number of amides is 1. The molecule has 2 atom stereocenters. The van der Waals surface area contributed by atoms with Crippen LogP contribution in [-0.4, -0.2) is 49.7 Å². The first kappa shape index (κ1) is 18.8. The molecule has 0 aliphatic heterocycles. The number of nitrogens with zero attached hydrogens (tertiary/aromatic N) is 1. The van der Waals surface area contributed by atoms with Crippen molar-refractivity contribution >= 4 is 34.2 Å². The number of carbonyl (C=O) groups is 2. The van der Waals surface area contributed by atoms with Gasteiger partial charge in [-0.3, -0.25) is 9.59 Å². The van der Waals surface area contributed by atoms with Crippen LogP contribution in [0.1, 0.15) is 38.8 Å². The monoisotopic (exact) mass is 390 g/mol. The Morgan fingerprint density at radius 3 is 2.78 bits per heavy atom. The quantitative estimate of drug-likeness (QED) is 0.423. The van der Waals surface area contributed by atoms with Crippen molar-refractivity contribution in [2.75, 3.05) is 6.61 Å². The zero-order valence-electron chi connectivity index (χ0n) is 14.6. The number of carboxylic acids is 1. The predicted molar refractivity (Wildman–Crippen MR) is 99.3 cm³/mol. The largest absolute Gasteiger partial charge is 0.480 e. The molecule has 1 unspecified atom stereocenters. The Balaban J connectivity index is 1.87. The first-order valence-electron chi connectivity index (χ1n) is 8.14. The molecule has 0 saturated carbocycles. The van der Waals surface area contributed by atoms with Crippen molar-refractivity contribution in [3.05, 3.63) is 49.8 Å². The Labute approximate surface area is 157 Å². The highest BCUT2D eigenvalue weighted by atomic mass is 32.1. The summed E-state index contributed by atoms with van der Waals surface area (Å²) < 4.78 is 0. The summed E-state index contributed by atoms with van der Waals surface area (Å²) in [4.78, 5) is 46.5. The number of hydrogen-bond acceptors (Lipinski definition) is 6. The summed E-state index contributed by atoms with van der Waals surface area (Å²) in [5, 5.41) is 20.7. The van der Waals surface area contributed by atoms with Crippen molar-refractivity contribution < 1.29 is 19.8 Å². The molecule has 1 amide bonds. The van der Waals surface area contributed by atoms with E-state index in [1.54, 1.807) is 25.3 Å². The zero-order valence-corrected chi connectivity index (χ0v) is 15.4. The van der Waals surface area contributed by atoms with Crippen molar-refractivity contribution in [2.45, 2.75) is 25.8 Å². The van der Waals surface area contributed by atoms with E-state index in [1.807, 2.05) is 6.92 Å². The van der Waals surface area contributed by atoms with E-state index in [0.29, 0.717) is 21.7 Å². The number of H-pyrrole nitrogens is 2. The second-order valence-electron chi connectivity index (χ2n) is 6.09. The lowest BCUT2D eigenvalue weighted by atomic mass is 10.0. The van der Waals surface area contributed by atoms with Gasteiger partial charge in [-0.05, 0) is 24.6 Å². The average molecular weight is 390 g/mol. The number of aryl methyl sites for hydroxylation is 1. The first-order chi connectivity index (χ1) is 12.8. The smallest absolute Gasteiger partial charge is 0.328 e. The van der Waals surface area contributed by atoms with Crippen LogP contribution in [0, 0.1) is 6.92 Å². The van der Waals surface area contributed by atoms with Crippen molar-refractivity contribution in [1.29, 1.82) is 0 Å². The van der Waals surface area contributed by atoms with Crippen molar-refractivity contribution in [3.63, 3.8) is 0 Å². The minimum absolute atomic E-state index is 0.177. The summed E-state index contributed by atoms with van der Waals surface area (Å²) in [6.45, 7) is 2.91. The van der Waals surface area contributed by atoms with Gasteiger partial charge in [-0.2, -0.15) is 0 Å². The molecule has 0 aromatic carbocycles. The summed E-state index contributed by atoms with van der Waals surface area (Å²) in [6, 6.07) is 1.99. The molecule has 0 aliphatic rings. The highest BCUT2D eigenvalue weighted by Gasteiger charge is 2.23. The number of carboxylic acid groups (broad SMARTS) is 1.